The molecule has 1 aromatic carbocycles. The van der Waals surface area contributed by atoms with Gasteiger partial charge in [-0.05, 0) is 30.0 Å². The number of hydrogen-bond acceptors (Lipinski definition) is 3. The van der Waals surface area contributed by atoms with Crippen LogP contribution in [-0.4, -0.2) is 14.8 Å². The van der Waals surface area contributed by atoms with Crippen LogP contribution in [0, 0.1) is 6.92 Å². The molecule has 18 heavy (non-hydrogen) atoms. The molecule has 0 aliphatic carbocycles. The van der Waals surface area contributed by atoms with E-state index in [1.54, 1.807) is 0 Å². The van der Waals surface area contributed by atoms with E-state index >= 15 is 0 Å². The van der Waals surface area contributed by atoms with Gasteiger partial charge < -0.3 is 4.74 Å². The van der Waals surface area contributed by atoms with E-state index in [0.717, 1.165) is 23.1 Å². The number of hydrogen-bond donors (Lipinski definition) is 0. The van der Waals surface area contributed by atoms with Crippen LogP contribution < -0.4 is 4.74 Å². The van der Waals surface area contributed by atoms with E-state index in [1.807, 2.05) is 11.6 Å². The van der Waals surface area contributed by atoms with Crippen LogP contribution in [0.25, 0.3) is 5.69 Å². The van der Waals surface area contributed by atoms with Gasteiger partial charge >= 0.3 is 0 Å². The first kappa shape index (κ1) is 11.3. The van der Waals surface area contributed by atoms with Gasteiger partial charge in [-0.3, -0.25) is 0 Å². The fourth-order valence-corrected chi connectivity index (χ4v) is 2.16. The first-order valence-corrected chi connectivity index (χ1v) is 6.15. The lowest BCUT2D eigenvalue weighted by Crippen LogP contribution is -2.16. The Labute approximate surface area is 107 Å². The molecule has 0 radical (unpaired) electrons. The molecule has 0 spiro atoms. The molecule has 94 valence electrons. The first-order valence-electron chi connectivity index (χ1n) is 6.15. The van der Waals surface area contributed by atoms with Crippen LogP contribution in [0.2, 0.25) is 0 Å². The second-order valence-electron chi connectivity index (χ2n) is 5.71. The van der Waals surface area contributed by atoms with Crippen molar-refractivity contribution in [1.82, 2.24) is 14.8 Å². The third-order valence-electron chi connectivity index (χ3n) is 3.19. The molecule has 0 N–H and O–H groups in total. The van der Waals surface area contributed by atoms with Crippen LogP contribution in [0.4, 0.5) is 0 Å². The molecule has 0 saturated carbocycles. The molecule has 0 atom stereocenters. The SMILES string of the molecule is Cc1nc2n(n1)-c1ccc(C(C)(C)C)cc1OC2. The van der Waals surface area contributed by atoms with Gasteiger partial charge in [-0.2, -0.15) is 5.10 Å². The predicted molar refractivity (Wildman–Crippen MR) is 69.1 cm³/mol. The molecular weight excluding hydrogens is 226 g/mol. The summed E-state index contributed by atoms with van der Waals surface area (Å²) < 4.78 is 7.65. The van der Waals surface area contributed by atoms with Crippen molar-refractivity contribution in [3.63, 3.8) is 0 Å². The van der Waals surface area contributed by atoms with Gasteiger partial charge in [0.05, 0.1) is 0 Å². The zero-order chi connectivity index (χ0) is 12.9. The molecule has 4 nitrogen and oxygen atoms in total. The number of aryl methyl sites for hydroxylation is 1. The highest BCUT2D eigenvalue weighted by Crippen LogP contribution is 2.33. The number of benzene rings is 1. The van der Waals surface area contributed by atoms with Crippen LogP contribution in [0.15, 0.2) is 18.2 Å². The first-order chi connectivity index (χ1) is 8.45. The largest absolute Gasteiger partial charge is 0.483 e. The molecule has 0 fully saturated rings. The summed E-state index contributed by atoms with van der Waals surface area (Å²) in [5.74, 6) is 2.53. The molecule has 0 saturated heterocycles. The van der Waals surface area contributed by atoms with Crippen molar-refractivity contribution in [2.45, 2.75) is 39.7 Å². The average Bonchev–Trinajstić information content (AvgIpc) is 2.68. The smallest absolute Gasteiger partial charge is 0.170 e. The fourth-order valence-electron chi connectivity index (χ4n) is 2.16. The lowest BCUT2D eigenvalue weighted by molar-refractivity contribution is 0.275. The van der Waals surface area contributed by atoms with Gasteiger partial charge in [-0.1, -0.05) is 26.8 Å². The molecule has 4 heteroatoms. The molecule has 1 aliphatic heterocycles. The highest BCUT2D eigenvalue weighted by Gasteiger charge is 2.22. The zero-order valence-corrected chi connectivity index (χ0v) is 11.2. The van der Waals surface area contributed by atoms with Gasteiger partial charge in [0.2, 0.25) is 0 Å². The maximum Gasteiger partial charge on any atom is 0.170 e. The summed E-state index contributed by atoms with van der Waals surface area (Å²) in [6.07, 6.45) is 0. The van der Waals surface area contributed by atoms with E-state index in [2.05, 4.69) is 49.1 Å². The summed E-state index contributed by atoms with van der Waals surface area (Å²) >= 11 is 0. The van der Waals surface area contributed by atoms with E-state index in [9.17, 15) is 0 Å². The van der Waals surface area contributed by atoms with Crippen molar-refractivity contribution in [2.75, 3.05) is 0 Å². The molecule has 0 amide bonds. The van der Waals surface area contributed by atoms with Crippen LogP contribution in [0.3, 0.4) is 0 Å². The van der Waals surface area contributed by atoms with Gasteiger partial charge in [0.25, 0.3) is 0 Å². The Morgan fingerprint density at radius 2 is 2.06 bits per heavy atom. The Morgan fingerprint density at radius 1 is 1.28 bits per heavy atom. The molecule has 2 aromatic rings. The zero-order valence-electron chi connectivity index (χ0n) is 11.2. The molecule has 1 aromatic heterocycles. The number of fused-ring (bicyclic) bond motifs is 3. The van der Waals surface area contributed by atoms with Gasteiger partial charge in [0.1, 0.15) is 23.9 Å². The minimum atomic E-state index is 0.122. The van der Waals surface area contributed by atoms with Crippen molar-refractivity contribution >= 4 is 0 Å². The third-order valence-corrected chi connectivity index (χ3v) is 3.19. The Hall–Kier alpha value is -1.84. The Balaban J connectivity index is 2.14. The molecule has 0 bridgehead atoms. The number of aromatic nitrogens is 3. The fraction of sp³-hybridized carbons (Fsp3) is 0.429. The summed E-state index contributed by atoms with van der Waals surface area (Å²) in [7, 11) is 0. The van der Waals surface area contributed by atoms with Gasteiger partial charge in [0, 0.05) is 0 Å². The third kappa shape index (κ3) is 1.68. The summed E-state index contributed by atoms with van der Waals surface area (Å²) in [6.45, 7) is 8.98. The summed E-state index contributed by atoms with van der Waals surface area (Å²) in [5.41, 5.74) is 2.36. The van der Waals surface area contributed by atoms with Crippen molar-refractivity contribution < 1.29 is 4.74 Å². The van der Waals surface area contributed by atoms with E-state index in [-0.39, 0.29) is 5.41 Å². The second-order valence-corrected chi connectivity index (χ2v) is 5.71. The minimum absolute atomic E-state index is 0.122. The van der Waals surface area contributed by atoms with Crippen LogP contribution >= 0.6 is 0 Å². The van der Waals surface area contributed by atoms with Crippen LogP contribution in [0.5, 0.6) is 5.75 Å². The van der Waals surface area contributed by atoms with Crippen molar-refractivity contribution in [1.29, 1.82) is 0 Å². The molecule has 2 heterocycles. The molecule has 3 rings (SSSR count). The van der Waals surface area contributed by atoms with Crippen molar-refractivity contribution in [3.8, 4) is 11.4 Å². The summed E-state index contributed by atoms with van der Waals surface area (Å²) in [6, 6.07) is 6.30. The molecular formula is C14H17N3O. The molecule has 0 unspecified atom stereocenters. The minimum Gasteiger partial charge on any atom is -0.483 e. The molecule has 1 aliphatic rings. The number of rotatable bonds is 0. The van der Waals surface area contributed by atoms with E-state index in [1.165, 1.54) is 5.56 Å². The van der Waals surface area contributed by atoms with Gasteiger partial charge in [-0.15, -0.1) is 0 Å². The topological polar surface area (TPSA) is 39.9 Å². The lowest BCUT2D eigenvalue weighted by Gasteiger charge is -2.23. The maximum absolute atomic E-state index is 5.78. The van der Waals surface area contributed by atoms with E-state index in [0.29, 0.717) is 6.61 Å². The lowest BCUT2D eigenvalue weighted by atomic mass is 9.87. The van der Waals surface area contributed by atoms with Gasteiger partial charge in [0.15, 0.2) is 5.82 Å². The monoisotopic (exact) mass is 243 g/mol. The Kier molecular flexibility index (Phi) is 2.24. The number of nitrogens with zero attached hydrogens (tertiary/aromatic N) is 3. The normalized spacial score (nSPS) is 13.8. The standard InChI is InChI=1S/C14H17N3O/c1-9-15-13-8-18-12-7-10(14(2,3)4)5-6-11(12)17(13)16-9/h5-7H,8H2,1-4H3. The Bertz CT molecular complexity index is 608. The van der Waals surface area contributed by atoms with E-state index in [4.69, 9.17) is 4.74 Å². The quantitative estimate of drug-likeness (QED) is 0.714. The second kappa shape index (κ2) is 3.57. The predicted octanol–water partition coefficient (Wildman–Crippen LogP) is 2.77. The highest BCUT2D eigenvalue weighted by molar-refractivity contribution is 5.51. The average molecular weight is 243 g/mol. The van der Waals surface area contributed by atoms with Crippen molar-refractivity contribution in [3.05, 3.63) is 35.4 Å². The van der Waals surface area contributed by atoms with Crippen LogP contribution in [-0.2, 0) is 12.0 Å². The highest BCUT2D eigenvalue weighted by atomic mass is 16.5. The maximum atomic E-state index is 5.78. The summed E-state index contributed by atoms with van der Waals surface area (Å²) in [5, 5.41) is 4.41. The van der Waals surface area contributed by atoms with Crippen LogP contribution in [0.1, 0.15) is 38.0 Å². The summed E-state index contributed by atoms with van der Waals surface area (Å²) in [4.78, 5) is 4.35. The number of ether oxygens (including phenoxy) is 1. The van der Waals surface area contributed by atoms with E-state index < -0.39 is 0 Å². The Morgan fingerprint density at radius 3 is 2.78 bits per heavy atom. The van der Waals surface area contributed by atoms with Crippen molar-refractivity contribution in [2.24, 2.45) is 0 Å². The van der Waals surface area contributed by atoms with Gasteiger partial charge in [-0.25, -0.2) is 9.67 Å².